The van der Waals surface area contributed by atoms with E-state index >= 15 is 4.39 Å². The number of hydrogen-bond acceptors (Lipinski definition) is 7. The largest absolute Gasteiger partial charge is 0.464 e. The first-order valence-corrected chi connectivity index (χ1v) is 12.6. The number of anilines is 1. The Balaban J connectivity index is 1.22. The van der Waals surface area contributed by atoms with E-state index in [2.05, 4.69) is 19.8 Å². The number of piperidine rings is 1. The molecule has 1 saturated heterocycles. The number of ether oxygens (including phenoxy) is 2. The van der Waals surface area contributed by atoms with Gasteiger partial charge in [0.15, 0.2) is 0 Å². The lowest BCUT2D eigenvalue weighted by atomic mass is 9.94. The van der Waals surface area contributed by atoms with Gasteiger partial charge in [-0.2, -0.15) is 0 Å². The second-order valence-electron chi connectivity index (χ2n) is 9.27. The first-order chi connectivity index (χ1) is 17.4. The Labute approximate surface area is 218 Å². The summed E-state index contributed by atoms with van der Waals surface area (Å²) in [5, 5.41) is 5.21. The van der Waals surface area contributed by atoms with Crippen LogP contribution < -0.4 is 4.90 Å². The summed E-state index contributed by atoms with van der Waals surface area (Å²) in [6.07, 6.45) is 4.29. The molecular formula is C26H26Cl2FN3O4. The van der Waals surface area contributed by atoms with Crippen LogP contribution >= 0.6 is 23.2 Å². The van der Waals surface area contributed by atoms with E-state index in [0.29, 0.717) is 53.2 Å². The molecule has 0 amide bonds. The van der Waals surface area contributed by atoms with E-state index in [9.17, 15) is 4.79 Å². The van der Waals surface area contributed by atoms with Crippen molar-refractivity contribution >= 4 is 34.9 Å². The summed E-state index contributed by atoms with van der Waals surface area (Å²) in [5.74, 6) is 0.581. The van der Waals surface area contributed by atoms with Crippen LogP contribution in [0.15, 0.2) is 41.1 Å². The van der Waals surface area contributed by atoms with Crippen molar-refractivity contribution in [3.8, 4) is 11.3 Å². The molecule has 36 heavy (non-hydrogen) atoms. The number of carbonyl (C=O) groups excluding carboxylic acids is 1. The SMILES string of the molecule is COC(=O)c1ccc(N2CCC(F)(COCc3c(-c4c(Cl)cccc4Cl)noc3C3CC3)CC2)cn1. The van der Waals surface area contributed by atoms with Crippen molar-refractivity contribution in [2.45, 2.75) is 43.9 Å². The van der Waals surface area contributed by atoms with E-state index in [1.165, 1.54) is 7.11 Å². The van der Waals surface area contributed by atoms with Gasteiger partial charge in [0.1, 0.15) is 22.8 Å². The van der Waals surface area contributed by atoms with Gasteiger partial charge in [-0.05, 0) is 37.1 Å². The number of esters is 1. The topological polar surface area (TPSA) is 77.7 Å². The highest BCUT2D eigenvalue weighted by molar-refractivity contribution is 6.39. The second-order valence-corrected chi connectivity index (χ2v) is 10.1. The molecule has 2 aliphatic rings. The van der Waals surface area contributed by atoms with Gasteiger partial charge in [-0.15, -0.1) is 0 Å². The van der Waals surface area contributed by atoms with Gasteiger partial charge in [-0.3, -0.25) is 0 Å². The quantitative estimate of drug-likeness (QED) is 0.317. The van der Waals surface area contributed by atoms with Crippen LogP contribution in [0, 0.1) is 0 Å². The summed E-state index contributed by atoms with van der Waals surface area (Å²) < 4.78 is 31.9. The van der Waals surface area contributed by atoms with Crippen molar-refractivity contribution in [2.24, 2.45) is 0 Å². The Morgan fingerprint density at radius 3 is 2.53 bits per heavy atom. The van der Waals surface area contributed by atoms with Crippen LogP contribution in [0.2, 0.25) is 10.0 Å². The average molecular weight is 534 g/mol. The standard InChI is InChI=1S/C26H26Cl2FN3O4/c1-34-25(33)21-8-7-17(13-30-21)32-11-9-26(29,10-12-32)15-35-14-18-23(31-36-24(18)16-5-6-16)22-19(27)3-2-4-20(22)28/h2-4,7-8,13,16H,5-6,9-12,14-15H2,1H3. The predicted octanol–water partition coefficient (Wildman–Crippen LogP) is 6.23. The van der Waals surface area contributed by atoms with Crippen LogP contribution in [0.25, 0.3) is 11.3 Å². The minimum absolute atomic E-state index is 0.0364. The van der Waals surface area contributed by atoms with E-state index in [-0.39, 0.29) is 18.9 Å². The lowest BCUT2D eigenvalue weighted by molar-refractivity contribution is -0.00757. The fourth-order valence-electron chi connectivity index (χ4n) is 4.49. The van der Waals surface area contributed by atoms with Crippen molar-refractivity contribution in [1.82, 2.24) is 10.1 Å². The molecule has 7 nitrogen and oxygen atoms in total. The summed E-state index contributed by atoms with van der Waals surface area (Å²) in [5.41, 5.74) is 1.57. The molecule has 1 aliphatic carbocycles. The molecule has 0 N–H and O–H groups in total. The van der Waals surface area contributed by atoms with Crippen molar-refractivity contribution in [3.63, 3.8) is 0 Å². The Morgan fingerprint density at radius 2 is 1.92 bits per heavy atom. The molecule has 1 saturated carbocycles. The van der Waals surface area contributed by atoms with Gasteiger partial charge < -0.3 is 18.9 Å². The normalized spacial score (nSPS) is 17.3. The van der Waals surface area contributed by atoms with E-state index in [1.807, 2.05) is 0 Å². The van der Waals surface area contributed by atoms with Crippen molar-refractivity contribution in [1.29, 1.82) is 0 Å². The molecule has 0 bridgehead atoms. The highest BCUT2D eigenvalue weighted by Crippen LogP contribution is 2.46. The maximum atomic E-state index is 15.6. The summed E-state index contributed by atoms with van der Waals surface area (Å²) in [6.45, 7) is 1.16. The third-order valence-corrected chi connectivity index (χ3v) is 7.37. The lowest BCUT2D eigenvalue weighted by Gasteiger charge is -2.37. The smallest absolute Gasteiger partial charge is 0.356 e. The zero-order valence-electron chi connectivity index (χ0n) is 19.8. The van der Waals surface area contributed by atoms with Gasteiger partial charge in [0.2, 0.25) is 0 Å². The Kier molecular flexibility index (Phi) is 7.19. The first-order valence-electron chi connectivity index (χ1n) is 11.9. The van der Waals surface area contributed by atoms with Crippen LogP contribution in [0.4, 0.5) is 10.1 Å². The predicted molar refractivity (Wildman–Crippen MR) is 134 cm³/mol. The van der Waals surface area contributed by atoms with Crippen LogP contribution in [0.1, 0.15) is 53.4 Å². The van der Waals surface area contributed by atoms with Gasteiger partial charge in [0, 0.05) is 43.0 Å². The molecule has 10 heteroatoms. The van der Waals surface area contributed by atoms with Crippen LogP contribution in [-0.4, -0.2) is 48.6 Å². The maximum Gasteiger partial charge on any atom is 0.356 e. The van der Waals surface area contributed by atoms with Crippen molar-refractivity contribution in [2.75, 3.05) is 31.7 Å². The van der Waals surface area contributed by atoms with Crippen LogP contribution in [0.5, 0.6) is 0 Å². The number of aromatic nitrogens is 2. The number of rotatable bonds is 8. The molecule has 5 rings (SSSR count). The molecule has 2 fully saturated rings. The first kappa shape index (κ1) is 25.0. The summed E-state index contributed by atoms with van der Waals surface area (Å²) in [4.78, 5) is 17.8. The summed E-state index contributed by atoms with van der Waals surface area (Å²) >= 11 is 12.8. The number of pyridine rings is 1. The molecule has 190 valence electrons. The number of halogens is 3. The van der Waals surface area contributed by atoms with Crippen LogP contribution in [-0.2, 0) is 16.1 Å². The fourth-order valence-corrected chi connectivity index (χ4v) is 5.07. The summed E-state index contributed by atoms with van der Waals surface area (Å²) in [6, 6.07) is 8.69. The minimum atomic E-state index is -1.45. The van der Waals surface area contributed by atoms with Gasteiger partial charge in [-0.1, -0.05) is 34.4 Å². The number of carbonyl (C=O) groups is 1. The summed E-state index contributed by atoms with van der Waals surface area (Å²) in [7, 11) is 1.31. The van der Waals surface area contributed by atoms with Crippen molar-refractivity contribution < 1.29 is 23.2 Å². The average Bonchev–Trinajstić information content (AvgIpc) is 3.65. The number of methoxy groups -OCH3 is 1. The second kappa shape index (κ2) is 10.4. The molecule has 0 unspecified atom stereocenters. The van der Waals surface area contributed by atoms with Gasteiger partial charge in [-0.25, -0.2) is 14.2 Å². The highest BCUT2D eigenvalue weighted by Gasteiger charge is 2.37. The number of nitrogens with zero attached hydrogens (tertiary/aromatic N) is 3. The molecule has 0 spiro atoms. The molecule has 1 aromatic carbocycles. The third kappa shape index (κ3) is 5.21. The van der Waals surface area contributed by atoms with Crippen LogP contribution in [0.3, 0.4) is 0 Å². The number of benzene rings is 1. The monoisotopic (exact) mass is 533 g/mol. The highest BCUT2D eigenvalue weighted by atomic mass is 35.5. The van der Waals surface area contributed by atoms with E-state index in [4.69, 9.17) is 32.5 Å². The Morgan fingerprint density at radius 1 is 1.19 bits per heavy atom. The molecule has 0 atom stereocenters. The van der Waals surface area contributed by atoms with E-state index in [0.717, 1.165) is 29.9 Å². The van der Waals surface area contributed by atoms with Crippen molar-refractivity contribution in [3.05, 3.63) is 63.6 Å². The molecule has 0 radical (unpaired) electrons. The molecule has 2 aromatic heterocycles. The molecular weight excluding hydrogens is 508 g/mol. The van der Waals surface area contributed by atoms with Gasteiger partial charge in [0.05, 0.1) is 42.3 Å². The Hall–Kier alpha value is -2.68. The van der Waals surface area contributed by atoms with Gasteiger partial charge in [0.25, 0.3) is 0 Å². The molecule has 3 heterocycles. The fraction of sp³-hybridized carbons (Fsp3) is 0.423. The molecule has 3 aromatic rings. The number of hydrogen-bond donors (Lipinski definition) is 0. The molecule has 1 aliphatic heterocycles. The zero-order valence-corrected chi connectivity index (χ0v) is 21.3. The lowest BCUT2D eigenvalue weighted by Crippen LogP contribution is -2.44. The maximum absolute atomic E-state index is 15.6. The number of alkyl halides is 1. The zero-order chi connectivity index (χ0) is 25.3. The van der Waals surface area contributed by atoms with E-state index < -0.39 is 11.6 Å². The van der Waals surface area contributed by atoms with Gasteiger partial charge >= 0.3 is 5.97 Å². The van der Waals surface area contributed by atoms with E-state index in [1.54, 1.807) is 36.5 Å². The third-order valence-electron chi connectivity index (χ3n) is 6.74. The minimum Gasteiger partial charge on any atom is -0.464 e. The Bertz CT molecular complexity index is 1220.